The molecular weight excluding hydrogens is 223 g/mol. The topological polar surface area (TPSA) is 26.3 Å². The maximum absolute atomic E-state index is 11.9. The van der Waals surface area contributed by atoms with Crippen LogP contribution in [-0.4, -0.2) is 18.8 Å². The second kappa shape index (κ2) is 5.09. The molecular formula is C8H9F5O2. The Labute approximate surface area is 82.7 Å². The highest BCUT2D eigenvalue weighted by Crippen LogP contribution is 2.30. The SMILES string of the molecule is CC(C)COC(=O)C(=C(F)F)C(F)(F)F. The number of carbonyl (C=O) groups is 1. The zero-order valence-electron chi connectivity index (χ0n) is 7.99. The van der Waals surface area contributed by atoms with Crippen LogP contribution in [0.4, 0.5) is 22.0 Å². The van der Waals surface area contributed by atoms with E-state index in [-0.39, 0.29) is 12.5 Å². The predicted octanol–water partition coefficient (Wildman–Crippen LogP) is 2.90. The van der Waals surface area contributed by atoms with E-state index < -0.39 is 23.8 Å². The minimum Gasteiger partial charge on any atom is -0.462 e. The van der Waals surface area contributed by atoms with Gasteiger partial charge in [-0.2, -0.15) is 22.0 Å². The van der Waals surface area contributed by atoms with Crippen LogP contribution < -0.4 is 0 Å². The molecule has 15 heavy (non-hydrogen) atoms. The second-order valence-corrected chi connectivity index (χ2v) is 3.13. The van der Waals surface area contributed by atoms with Gasteiger partial charge in [-0.3, -0.25) is 0 Å². The highest BCUT2D eigenvalue weighted by molar-refractivity contribution is 5.90. The van der Waals surface area contributed by atoms with Gasteiger partial charge in [-0.1, -0.05) is 13.8 Å². The van der Waals surface area contributed by atoms with Crippen molar-refractivity contribution in [2.24, 2.45) is 5.92 Å². The van der Waals surface area contributed by atoms with Crippen LogP contribution in [0.3, 0.4) is 0 Å². The van der Waals surface area contributed by atoms with E-state index in [4.69, 9.17) is 0 Å². The molecule has 0 radical (unpaired) electrons. The van der Waals surface area contributed by atoms with Crippen LogP contribution in [0.2, 0.25) is 0 Å². The largest absolute Gasteiger partial charge is 0.462 e. The fourth-order valence-electron chi connectivity index (χ4n) is 0.615. The summed E-state index contributed by atoms with van der Waals surface area (Å²) >= 11 is 0. The fourth-order valence-corrected chi connectivity index (χ4v) is 0.615. The van der Waals surface area contributed by atoms with Crippen molar-refractivity contribution < 1.29 is 31.5 Å². The van der Waals surface area contributed by atoms with E-state index in [2.05, 4.69) is 4.74 Å². The lowest BCUT2D eigenvalue weighted by Gasteiger charge is -2.11. The lowest BCUT2D eigenvalue weighted by molar-refractivity contribution is -0.152. The quantitative estimate of drug-likeness (QED) is 0.425. The molecule has 0 rings (SSSR count). The normalized spacial score (nSPS) is 11.5. The van der Waals surface area contributed by atoms with E-state index in [1.54, 1.807) is 13.8 Å². The lowest BCUT2D eigenvalue weighted by atomic mass is 10.2. The van der Waals surface area contributed by atoms with Gasteiger partial charge in [-0.05, 0) is 5.92 Å². The first-order valence-electron chi connectivity index (χ1n) is 3.95. The summed E-state index contributed by atoms with van der Waals surface area (Å²) in [5.41, 5.74) is -2.54. The first-order valence-corrected chi connectivity index (χ1v) is 3.95. The average Bonchev–Trinajstić information content (AvgIpc) is 1.96. The highest BCUT2D eigenvalue weighted by Gasteiger charge is 2.44. The van der Waals surface area contributed by atoms with Gasteiger partial charge in [0, 0.05) is 0 Å². The van der Waals surface area contributed by atoms with Gasteiger partial charge in [0.15, 0.2) is 0 Å². The Morgan fingerprint density at radius 3 is 2.00 bits per heavy atom. The van der Waals surface area contributed by atoms with Crippen molar-refractivity contribution in [3.05, 3.63) is 11.7 Å². The van der Waals surface area contributed by atoms with Crippen molar-refractivity contribution in [3.8, 4) is 0 Å². The van der Waals surface area contributed by atoms with Crippen molar-refractivity contribution in [1.82, 2.24) is 0 Å². The van der Waals surface area contributed by atoms with Crippen molar-refractivity contribution in [2.45, 2.75) is 20.0 Å². The highest BCUT2D eigenvalue weighted by atomic mass is 19.4. The number of hydrogen-bond donors (Lipinski definition) is 0. The number of carbonyl (C=O) groups excluding carboxylic acids is 1. The maximum Gasteiger partial charge on any atom is 0.428 e. The molecule has 0 unspecified atom stereocenters. The summed E-state index contributed by atoms with van der Waals surface area (Å²) in [6, 6.07) is 0. The van der Waals surface area contributed by atoms with Crippen LogP contribution >= 0.6 is 0 Å². The molecule has 0 amide bonds. The van der Waals surface area contributed by atoms with Crippen LogP contribution in [0.25, 0.3) is 0 Å². The predicted molar refractivity (Wildman–Crippen MR) is 41.1 cm³/mol. The summed E-state index contributed by atoms with van der Waals surface area (Å²) in [5, 5.41) is 0. The van der Waals surface area contributed by atoms with Crippen molar-refractivity contribution in [3.63, 3.8) is 0 Å². The van der Waals surface area contributed by atoms with Crippen molar-refractivity contribution >= 4 is 5.97 Å². The molecule has 0 aliphatic carbocycles. The van der Waals surface area contributed by atoms with E-state index in [1.165, 1.54) is 0 Å². The van der Waals surface area contributed by atoms with Crippen LogP contribution in [0.1, 0.15) is 13.8 Å². The van der Waals surface area contributed by atoms with Gasteiger partial charge in [0.2, 0.25) is 5.57 Å². The van der Waals surface area contributed by atoms with E-state index in [0.29, 0.717) is 0 Å². The molecule has 0 heterocycles. The van der Waals surface area contributed by atoms with Gasteiger partial charge in [0.1, 0.15) is 0 Å². The Kier molecular flexibility index (Phi) is 4.70. The van der Waals surface area contributed by atoms with Gasteiger partial charge < -0.3 is 4.74 Å². The van der Waals surface area contributed by atoms with Crippen molar-refractivity contribution in [2.75, 3.05) is 6.61 Å². The molecule has 0 atom stereocenters. The molecule has 0 fully saturated rings. The van der Waals surface area contributed by atoms with Gasteiger partial charge >= 0.3 is 12.1 Å². The summed E-state index contributed by atoms with van der Waals surface area (Å²) in [6.45, 7) is 2.79. The van der Waals surface area contributed by atoms with Gasteiger partial charge in [0.05, 0.1) is 6.61 Å². The molecule has 2 nitrogen and oxygen atoms in total. The molecule has 0 aliphatic heterocycles. The lowest BCUT2D eigenvalue weighted by Crippen LogP contribution is -2.24. The number of ether oxygens (including phenoxy) is 1. The van der Waals surface area contributed by atoms with Gasteiger partial charge in [-0.25, -0.2) is 4.79 Å². The van der Waals surface area contributed by atoms with Gasteiger partial charge in [-0.15, -0.1) is 0 Å². The third-order valence-corrected chi connectivity index (χ3v) is 1.22. The number of esters is 1. The molecule has 0 spiro atoms. The molecule has 0 N–H and O–H groups in total. The van der Waals surface area contributed by atoms with E-state index in [9.17, 15) is 26.7 Å². The first kappa shape index (κ1) is 13.9. The molecule has 0 aromatic heterocycles. The Morgan fingerprint density at radius 1 is 1.27 bits per heavy atom. The standard InChI is InChI=1S/C8H9F5O2/c1-4(2)3-15-7(14)5(6(9)10)8(11,12)13/h4H,3H2,1-2H3. The summed E-state index contributed by atoms with van der Waals surface area (Å²) < 4.78 is 63.4. The molecule has 0 bridgehead atoms. The zero-order valence-corrected chi connectivity index (χ0v) is 7.99. The van der Waals surface area contributed by atoms with Crippen molar-refractivity contribution in [1.29, 1.82) is 0 Å². The van der Waals surface area contributed by atoms with Gasteiger partial charge in [0.25, 0.3) is 6.08 Å². The molecule has 0 saturated carbocycles. The summed E-state index contributed by atoms with van der Waals surface area (Å²) in [5.74, 6) is -2.28. The minimum atomic E-state index is -5.40. The Hall–Kier alpha value is -1.14. The Bertz CT molecular complexity index is 263. The molecule has 88 valence electrons. The first-order chi connectivity index (χ1) is 6.66. The molecule has 0 aromatic carbocycles. The molecule has 0 saturated heterocycles. The maximum atomic E-state index is 11.9. The third kappa shape index (κ3) is 4.75. The number of halogens is 5. The smallest absolute Gasteiger partial charge is 0.428 e. The zero-order chi connectivity index (χ0) is 12.2. The fraction of sp³-hybridized carbons (Fsp3) is 0.625. The summed E-state index contributed by atoms with van der Waals surface area (Å²) in [4.78, 5) is 10.7. The summed E-state index contributed by atoms with van der Waals surface area (Å²) in [7, 11) is 0. The molecule has 7 heteroatoms. The monoisotopic (exact) mass is 232 g/mol. The van der Waals surface area contributed by atoms with Crippen LogP contribution in [0.5, 0.6) is 0 Å². The number of alkyl halides is 3. The minimum absolute atomic E-state index is 0.230. The Balaban J connectivity index is 4.70. The summed E-state index contributed by atoms with van der Waals surface area (Å²) in [6.07, 6.45) is -8.48. The third-order valence-electron chi connectivity index (χ3n) is 1.22. The van der Waals surface area contributed by atoms with Crippen LogP contribution in [0, 0.1) is 5.92 Å². The van der Waals surface area contributed by atoms with Crippen LogP contribution in [-0.2, 0) is 9.53 Å². The second-order valence-electron chi connectivity index (χ2n) is 3.13. The van der Waals surface area contributed by atoms with E-state index in [1.807, 2.05) is 0 Å². The number of hydrogen-bond acceptors (Lipinski definition) is 2. The average molecular weight is 232 g/mol. The molecule has 0 aliphatic rings. The number of rotatable bonds is 3. The van der Waals surface area contributed by atoms with Crippen LogP contribution in [0.15, 0.2) is 11.7 Å². The Morgan fingerprint density at radius 2 is 1.73 bits per heavy atom. The molecule has 0 aromatic rings. The van der Waals surface area contributed by atoms with E-state index in [0.717, 1.165) is 0 Å². The van der Waals surface area contributed by atoms with E-state index >= 15 is 0 Å².